The van der Waals surface area contributed by atoms with Crippen LogP contribution in [0.15, 0.2) is 24.5 Å². The molecule has 114 valence electrons. The zero-order chi connectivity index (χ0) is 15.2. The Balaban J connectivity index is 1.48. The van der Waals surface area contributed by atoms with E-state index in [1.807, 2.05) is 17.0 Å². The quantitative estimate of drug-likeness (QED) is 0.830. The molecule has 2 amide bonds. The summed E-state index contributed by atoms with van der Waals surface area (Å²) < 4.78 is 5.37. The van der Waals surface area contributed by atoms with Gasteiger partial charge < -0.3 is 19.9 Å². The third-order valence-corrected chi connectivity index (χ3v) is 4.49. The lowest BCUT2D eigenvalue weighted by molar-refractivity contribution is 0.00331. The van der Waals surface area contributed by atoms with Gasteiger partial charge in [0.05, 0.1) is 23.9 Å². The highest BCUT2D eigenvalue weighted by Gasteiger charge is 2.43. The standard InChI is InChI=1S/C15H16N4O3/c20-13(10-1-2-11-12(7-10)18-9-17-11)19-5-3-15(4-6-19)8-16-14(21)22-15/h1-2,7,9H,3-6,8H2,(H,16,21)(H,17,18). The minimum Gasteiger partial charge on any atom is -0.441 e. The van der Waals surface area contributed by atoms with E-state index in [1.54, 1.807) is 12.4 Å². The number of aromatic nitrogens is 2. The normalized spacial score (nSPS) is 20.2. The fourth-order valence-electron chi connectivity index (χ4n) is 3.15. The zero-order valence-corrected chi connectivity index (χ0v) is 12.0. The van der Waals surface area contributed by atoms with Gasteiger partial charge in [-0.2, -0.15) is 0 Å². The van der Waals surface area contributed by atoms with E-state index in [9.17, 15) is 9.59 Å². The highest BCUT2D eigenvalue weighted by Crippen LogP contribution is 2.30. The van der Waals surface area contributed by atoms with Gasteiger partial charge in [-0.05, 0) is 18.2 Å². The van der Waals surface area contributed by atoms with Crippen LogP contribution in [-0.4, -0.2) is 52.1 Å². The molecule has 1 spiro atoms. The van der Waals surface area contributed by atoms with Crippen LogP contribution in [0.5, 0.6) is 0 Å². The number of fused-ring (bicyclic) bond motifs is 1. The monoisotopic (exact) mass is 300 g/mol. The summed E-state index contributed by atoms with van der Waals surface area (Å²) in [6.07, 6.45) is 2.60. The van der Waals surface area contributed by atoms with Crippen LogP contribution >= 0.6 is 0 Å². The molecular formula is C15H16N4O3. The Bertz CT molecular complexity index is 746. The van der Waals surface area contributed by atoms with Gasteiger partial charge in [0.1, 0.15) is 5.60 Å². The molecule has 1 aromatic carbocycles. The second-order valence-corrected chi connectivity index (χ2v) is 5.85. The lowest BCUT2D eigenvalue weighted by atomic mass is 9.91. The molecule has 0 saturated carbocycles. The van der Waals surface area contributed by atoms with Gasteiger partial charge in [0.2, 0.25) is 0 Å². The minimum absolute atomic E-state index is 0.00336. The molecule has 0 unspecified atom stereocenters. The van der Waals surface area contributed by atoms with Crippen LogP contribution in [0.2, 0.25) is 0 Å². The Morgan fingerprint density at radius 3 is 2.86 bits per heavy atom. The van der Waals surface area contributed by atoms with Crippen LogP contribution in [0.4, 0.5) is 4.79 Å². The Morgan fingerprint density at radius 2 is 2.14 bits per heavy atom. The molecule has 2 saturated heterocycles. The maximum absolute atomic E-state index is 12.6. The van der Waals surface area contributed by atoms with Crippen molar-refractivity contribution < 1.29 is 14.3 Å². The molecule has 2 N–H and O–H groups in total. The van der Waals surface area contributed by atoms with E-state index in [1.165, 1.54) is 0 Å². The second kappa shape index (κ2) is 4.72. The van der Waals surface area contributed by atoms with Gasteiger partial charge in [-0.15, -0.1) is 0 Å². The maximum atomic E-state index is 12.6. The second-order valence-electron chi connectivity index (χ2n) is 5.85. The molecule has 1 aromatic heterocycles. The number of benzene rings is 1. The van der Waals surface area contributed by atoms with E-state index < -0.39 is 5.60 Å². The van der Waals surface area contributed by atoms with Crippen molar-refractivity contribution in [1.29, 1.82) is 0 Å². The number of aromatic amines is 1. The lowest BCUT2D eigenvalue weighted by Gasteiger charge is -2.37. The third-order valence-electron chi connectivity index (χ3n) is 4.49. The average Bonchev–Trinajstić information content (AvgIpc) is 3.14. The summed E-state index contributed by atoms with van der Waals surface area (Å²) in [5.41, 5.74) is 1.92. The molecule has 2 fully saturated rings. The van der Waals surface area contributed by atoms with E-state index >= 15 is 0 Å². The molecule has 0 radical (unpaired) electrons. The number of hydrogen-bond acceptors (Lipinski definition) is 4. The predicted molar refractivity (Wildman–Crippen MR) is 78.4 cm³/mol. The number of nitrogens with zero attached hydrogens (tertiary/aromatic N) is 2. The van der Waals surface area contributed by atoms with Gasteiger partial charge in [0, 0.05) is 31.5 Å². The van der Waals surface area contributed by atoms with Gasteiger partial charge in [0.15, 0.2) is 0 Å². The number of nitrogens with one attached hydrogen (secondary N) is 2. The number of carbonyl (C=O) groups is 2. The SMILES string of the molecule is O=C1NCC2(CCN(C(=O)c3ccc4nc[nH]c4c3)CC2)O1. The topological polar surface area (TPSA) is 87.3 Å². The van der Waals surface area contributed by atoms with Gasteiger partial charge in [-0.1, -0.05) is 0 Å². The van der Waals surface area contributed by atoms with E-state index in [0.717, 1.165) is 11.0 Å². The first kappa shape index (κ1) is 13.1. The number of piperidine rings is 1. The van der Waals surface area contributed by atoms with Crippen LogP contribution < -0.4 is 5.32 Å². The van der Waals surface area contributed by atoms with E-state index in [0.29, 0.717) is 38.0 Å². The van der Waals surface area contributed by atoms with E-state index in [4.69, 9.17) is 4.74 Å². The van der Waals surface area contributed by atoms with Crippen LogP contribution in [0.3, 0.4) is 0 Å². The molecule has 0 bridgehead atoms. The van der Waals surface area contributed by atoms with Gasteiger partial charge in [-0.25, -0.2) is 9.78 Å². The number of H-pyrrole nitrogens is 1. The summed E-state index contributed by atoms with van der Waals surface area (Å²) in [6.45, 7) is 1.72. The molecule has 2 aliphatic heterocycles. The Labute approximate surface area is 126 Å². The average molecular weight is 300 g/mol. The first-order chi connectivity index (χ1) is 10.7. The zero-order valence-electron chi connectivity index (χ0n) is 12.0. The summed E-state index contributed by atoms with van der Waals surface area (Å²) >= 11 is 0. The number of amides is 2. The maximum Gasteiger partial charge on any atom is 0.407 e. The van der Waals surface area contributed by atoms with Crippen molar-refractivity contribution >= 4 is 23.0 Å². The fourth-order valence-corrected chi connectivity index (χ4v) is 3.15. The van der Waals surface area contributed by atoms with Crippen LogP contribution in [0, 0.1) is 0 Å². The molecule has 22 heavy (non-hydrogen) atoms. The Kier molecular flexibility index (Phi) is 2.82. The molecule has 7 heteroatoms. The lowest BCUT2D eigenvalue weighted by Crippen LogP contribution is -2.48. The molecule has 2 aromatic rings. The van der Waals surface area contributed by atoms with Crippen molar-refractivity contribution in [2.45, 2.75) is 18.4 Å². The fraction of sp³-hybridized carbons (Fsp3) is 0.400. The van der Waals surface area contributed by atoms with E-state index in [-0.39, 0.29) is 12.0 Å². The number of alkyl carbamates (subject to hydrolysis) is 1. The van der Waals surface area contributed by atoms with Crippen LogP contribution in [-0.2, 0) is 4.74 Å². The highest BCUT2D eigenvalue weighted by atomic mass is 16.6. The Hall–Kier alpha value is -2.57. The van der Waals surface area contributed by atoms with Gasteiger partial charge in [0.25, 0.3) is 5.91 Å². The molecule has 3 heterocycles. The number of imidazole rings is 1. The van der Waals surface area contributed by atoms with Crippen molar-refractivity contribution in [1.82, 2.24) is 20.2 Å². The van der Waals surface area contributed by atoms with Gasteiger partial charge >= 0.3 is 6.09 Å². The highest BCUT2D eigenvalue weighted by molar-refractivity contribution is 5.97. The summed E-state index contributed by atoms with van der Waals surface area (Å²) in [5.74, 6) is 0.00336. The van der Waals surface area contributed by atoms with Crippen molar-refractivity contribution in [2.24, 2.45) is 0 Å². The first-order valence-electron chi connectivity index (χ1n) is 7.35. The molecular weight excluding hydrogens is 284 g/mol. The first-order valence-corrected chi connectivity index (χ1v) is 7.35. The van der Waals surface area contributed by atoms with Crippen molar-refractivity contribution in [3.05, 3.63) is 30.1 Å². The summed E-state index contributed by atoms with van der Waals surface area (Å²) in [4.78, 5) is 32.8. The predicted octanol–water partition coefficient (Wildman–Crippen LogP) is 1.28. The molecule has 0 atom stereocenters. The van der Waals surface area contributed by atoms with Gasteiger partial charge in [-0.3, -0.25) is 4.79 Å². The van der Waals surface area contributed by atoms with Crippen molar-refractivity contribution in [3.8, 4) is 0 Å². The minimum atomic E-state index is -0.429. The molecule has 7 nitrogen and oxygen atoms in total. The summed E-state index contributed by atoms with van der Waals surface area (Å²) in [5, 5.41) is 2.70. The third kappa shape index (κ3) is 2.09. The molecule has 4 rings (SSSR count). The Morgan fingerprint density at radius 1 is 1.32 bits per heavy atom. The number of hydrogen-bond donors (Lipinski definition) is 2. The van der Waals surface area contributed by atoms with E-state index in [2.05, 4.69) is 15.3 Å². The summed E-state index contributed by atoms with van der Waals surface area (Å²) in [6, 6.07) is 5.46. The number of likely N-dealkylation sites (tertiary alicyclic amines) is 1. The molecule has 2 aliphatic rings. The van der Waals surface area contributed by atoms with Crippen LogP contribution in [0.25, 0.3) is 11.0 Å². The number of carbonyl (C=O) groups excluding carboxylic acids is 2. The van der Waals surface area contributed by atoms with Crippen molar-refractivity contribution in [2.75, 3.05) is 19.6 Å². The number of ether oxygens (including phenoxy) is 1. The summed E-state index contributed by atoms with van der Waals surface area (Å²) in [7, 11) is 0. The number of rotatable bonds is 1. The smallest absolute Gasteiger partial charge is 0.407 e. The van der Waals surface area contributed by atoms with Crippen LogP contribution in [0.1, 0.15) is 23.2 Å². The van der Waals surface area contributed by atoms with Crippen molar-refractivity contribution in [3.63, 3.8) is 0 Å². The molecule has 0 aliphatic carbocycles. The largest absolute Gasteiger partial charge is 0.441 e.